The fourth-order valence-electron chi connectivity index (χ4n) is 1.50. The molecule has 3 nitrogen and oxygen atoms in total. The normalized spacial score (nSPS) is 24.9. The number of benzene rings is 1. The zero-order valence-electron chi connectivity index (χ0n) is 7.80. The Kier molecular flexibility index (Phi) is 2.11. The van der Waals surface area contributed by atoms with E-state index in [1.54, 1.807) is 6.07 Å². The molecule has 1 amide bonds. The monoisotopic (exact) mass is 210 g/mol. The molecule has 2 rings (SSSR count). The molecule has 14 heavy (non-hydrogen) atoms. The molecule has 0 bridgehead atoms. The van der Waals surface area contributed by atoms with Crippen LogP contribution in [0, 0.1) is 0 Å². The quantitative estimate of drug-likeness (QED) is 0.694. The van der Waals surface area contributed by atoms with Crippen molar-refractivity contribution in [1.29, 1.82) is 0 Å². The molecule has 1 aromatic carbocycles. The van der Waals surface area contributed by atoms with Crippen LogP contribution in [-0.4, -0.2) is 17.5 Å². The number of alkyl halides is 1. The van der Waals surface area contributed by atoms with Gasteiger partial charge in [0.25, 0.3) is 5.91 Å². The Labute approximate surface area is 87.4 Å². The van der Waals surface area contributed by atoms with Crippen molar-refractivity contribution in [1.82, 2.24) is 5.32 Å². The topological polar surface area (TPSA) is 41.1 Å². The molecule has 1 aliphatic rings. The third-order valence-corrected chi connectivity index (χ3v) is 2.77. The van der Waals surface area contributed by atoms with Crippen molar-refractivity contribution in [3.05, 3.63) is 29.8 Å². The van der Waals surface area contributed by atoms with Crippen LogP contribution in [0.2, 0.25) is 0 Å². The zero-order chi connectivity index (χ0) is 10.2. The van der Waals surface area contributed by atoms with Crippen molar-refractivity contribution in [2.75, 3.05) is 11.2 Å². The number of hydrogen-bond donors (Lipinski definition) is 2. The van der Waals surface area contributed by atoms with Gasteiger partial charge in [-0.15, -0.1) is 11.6 Å². The van der Waals surface area contributed by atoms with Gasteiger partial charge in [0.1, 0.15) is 5.66 Å². The lowest BCUT2D eigenvalue weighted by atomic mass is 10.1. The first-order valence-electron chi connectivity index (χ1n) is 4.40. The highest BCUT2D eigenvalue weighted by Gasteiger charge is 2.31. The molecule has 4 heteroatoms. The lowest BCUT2D eigenvalue weighted by Gasteiger charge is -2.35. The summed E-state index contributed by atoms with van der Waals surface area (Å²) in [6.45, 7) is 1.86. The largest absolute Gasteiger partial charge is 0.361 e. The van der Waals surface area contributed by atoms with Crippen LogP contribution in [0.4, 0.5) is 5.69 Å². The Morgan fingerprint density at radius 3 is 2.79 bits per heavy atom. The van der Waals surface area contributed by atoms with E-state index in [0.717, 1.165) is 5.69 Å². The number of hydrogen-bond acceptors (Lipinski definition) is 2. The number of anilines is 1. The molecule has 0 fully saturated rings. The Morgan fingerprint density at radius 1 is 1.36 bits per heavy atom. The highest BCUT2D eigenvalue weighted by Crippen LogP contribution is 2.24. The van der Waals surface area contributed by atoms with E-state index in [0.29, 0.717) is 11.4 Å². The highest BCUT2D eigenvalue weighted by molar-refractivity contribution is 6.19. The highest BCUT2D eigenvalue weighted by atomic mass is 35.5. The van der Waals surface area contributed by atoms with Crippen molar-refractivity contribution in [3.63, 3.8) is 0 Å². The van der Waals surface area contributed by atoms with Crippen LogP contribution in [0.25, 0.3) is 0 Å². The van der Waals surface area contributed by atoms with E-state index in [2.05, 4.69) is 10.6 Å². The number of rotatable bonds is 1. The summed E-state index contributed by atoms with van der Waals surface area (Å²) in [4.78, 5) is 11.7. The van der Waals surface area contributed by atoms with Gasteiger partial charge in [0.05, 0.1) is 11.4 Å². The molecule has 1 aliphatic heterocycles. The van der Waals surface area contributed by atoms with Gasteiger partial charge in [-0.25, -0.2) is 0 Å². The molecule has 0 unspecified atom stereocenters. The smallest absolute Gasteiger partial charge is 0.255 e. The van der Waals surface area contributed by atoms with Crippen molar-refractivity contribution in [3.8, 4) is 0 Å². The van der Waals surface area contributed by atoms with Crippen molar-refractivity contribution >= 4 is 23.2 Å². The molecule has 0 aromatic heterocycles. The van der Waals surface area contributed by atoms with Gasteiger partial charge in [-0.1, -0.05) is 12.1 Å². The lowest BCUT2D eigenvalue weighted by Crippen LogP contribution is -2.56. The average molecular weight is 211 g/mol. The summed E-state index contributed by atoms with van der Waals surface area (Å²) < 4.78 is 0. The van der Waals surface area contributed by atoms with Gasteiger partial charge in [-0.3, -0.25) is 4.79 Å². The number of carbonyl (C=O) groups excluding carboxylic acids is 1. The minimum atomic E-state index is -0.549. The van der Waals surface area contributed by atoms with Crippen LogP contribution in [0.1, 0.15) is 17.3 Å². The third kappa shape index (κ3) is 1.44. The van der Waals surface area contributed by atoms with Gasteiger partial charge in [0.15, 0.2) is 0 Å². The van der Waals surface area contributed by atoms with Crippen LogP contribution in [0.15, 0.2) is 24.3 Å². The summed E-state index contributed by atoms with van der Waals surface area (Å²) in [7, 11) is 0. The van der Waals surface area contributed by atoms with E-state index >= 15 is 0 Å². The fraction of sp³-hybridized carbons (Fsp3) is 0.300. The van der Waals surface area contributed by atoms with Crippen LogP contribution in [0.3, 0.4) is 0 Å². The van der Waals surface area contributed by atoms with Crippen LogP contribution in [0.5, 0.6) is 0 Å². The molecule has 0 spiro atoms. The Balaban J connectivity index is 2.43. The standard InChI is InChI=1S/C10H11ClN2O/c1-10(6-11)12-8-5-3-2-4-7(8)9(14)13-10/h2-5,12H,6H2,1H3,(H,13,14)/t10-/m0/s1. The summed E-state index contributed by atoms with van der Waals surface area (Å²) >= 11 is 5.78. The van der Waals surface area contributed by atoms with E-state index < -0.39 is 5.66 Å². The van der Waals surface area contributed by atoms with Crippen molar-refractivity contribution < 1.29 is 4.79 Å². The first-order valence-corrected chi connectivity index (χ1v) is 4.94. The van der Waals surface area contributed by atoms with Crippen LogP contribution < -0.4 is 10.6 Å². The van der Waals surface area contributed by atoms with Gasteiger partial charge < -0.3 is 10.6 Å². The number of amides is 1. The first-order chi connectivity index (χ1) is 6.64. The number of carbonyl (C=O) groups is 1. The molecule has 1 aromatic rings. The van der Waals surface area contributed by atoms with Gasteiger partial charge in [-0.05, 0) is 19.1 Å². The van der Waals surface area contributed by atoms with E-state index in [-0.39, 0.29) is 5.91 Å². The van der Waals surface area contributed by atoms with Crippen molar-refractivity contribution in [2.45, 2.75) is 12.6 Å². The molecule has 74 valence electrons. The number of para-hydroxylation sites is 1. The molecule has 1 atom stereocenters. The molecule has 0 aliphatic carbocycles. The molecule has 1 heterocycles. The maximum atomic E-state index is 11.7. The SMILES string of the molecule is C[C@@]1(CCl)NC(=O)c2ccccc2N1. The minimum absolute atomic E-state index is 0.0810. The average Bonchev–Trinajstić information content (AvgIpc) is 2.18. The second kappa shape index (κ2) is 3.17. The Morgan fingerprint density at radius 2 is 2.07 bits per heavy atom. The summed E-state index contributed by atoms with van der Waals surface area (Å²) in [5.74, 6) is 0.245. The molecular formula is C10H11ClN2O. The van der Waals surface area contributed by atoms with Crippen LogP contribution in [-0.2, 0) is 0 Å². The maximum absolute atomic E-state index is 11.7. The van der Waals surface area contributed by atoms with E-state index in [1.807, 2.05) is 25.1 Å². The third-order valence-electron chi connectivity index (χ3n) is 2.24. The maximum Gasteiger partial charge on any atom is 0.255 e. The summed E-state index contributed by atoms with van der Waals surface area (Å²) in [6.07, 6.45) is 0. The van der Waals surface area contributed by atoms with Crippen LogP contribution >= 0.6 is 11.6 Å². The molecule has 2 N–H and O–H groups in total. The predicted octanol–water partition coefficient (Wildman–Crippen LogP) is 1.80. The van der Waals surface area contributed by atoms with Crippen molar-refractivity contribution in [2.24, 2.45) is 0 Å². The summed E-state index contributed by atoms with van der Waals surface area (Å²) in [5, 5.41) is 6.01. The van der Waals surface area contributed by atoms with Gasteiger partial charge in [0.2, 0.25) is 0 Å². The molecule has 0 saturated carbocycles. The number of fused-ring (bicyclic) bond motifs is 1. The van der Waals surface area contributed by atoms with E-state index in [9.17, 15) is 4.79 Å². The molecule has 0 saturated heterocycles. The predicted molar refractivity (Wildman–Crippen MR) is 56.7 cm³/mol. The second-order valence-corrected chi connectivity index (χ2v) is 3.86. The van der Waals surface area contributed by atoms with Gasteiger partial charge in [0, 0.05) is 5.69 Å². The zero-order valence-corrected chi connectivity index (χ0v) is 8.56. The minimum Gasteiger partial charge on any atom is -0.361 e. The molecule has 0 radical (unpaired) electrons. The lowest BCUT2D eigenvalue weighted by molar-refractivity contribution is 0.0915. The summed E-state index contributed by atoms with van der Waals surface area (Å²) in [6, 6.07) is 7.38. The Hall–Kier alpha value is -1.22. The number of nitrogens with one attached hydrogen (secondary N) is 2. The number of halogens is 1. The first kappa shape index (κ1) is 9.34. The van der Waals surface area contributed by atoms with E-state index in [1.165, 1.54) is 0 Å². The second-order valence-electron chi connectivity index (χ2n) is 3.59. The molecular weight excluding hydrogens is 200 g/mol. The fourth-order valence-corrected chi connectivity index (χ4v) is 1.64. The Bertz CT molecular complexity index is 380. The van der Waals surface area contributed by atoms with E-state index in [4.69, 9.17) is 11.6 Å². The van der Waals surface area contributed by atoms with Gasteiger partial charge >= 0.3 is 0 Å². The van der Waals surface area contributed by atoms with Gasteiger partial charge in [-0.2, -0.15) is 0 Å². The summed E-state index contributed by atoms with van der Waals surface area (Å²) in [5.41, 5.74) is 0.946.